The van der Waals surface area contributed by atoms with Crippen LogP contribution in [-0.2, 0) is 19.2 Å². The van der Waals surface area contributed by atoms with Gasteiger partial charge in [-0.2, -0.15) is 0 Å². The summed E-state index contributed by atoms with van der Waals surface area (Å²) in [7, 11) is 0. The minimum atomic E-state index is -0.411. The molecule has 0 saturated heterocycles. The molecule has 4 rings (SSSR count). The quantitative estimate of drug-likeness (QED) is 0.119. The number of nitrogens with one attached hydrogen (secondary N) is 6. The van der Waals surface area contributed by atoms with E-state index in [0.29, 0.717) is 38.8 Å². The minimum Gasteiger partial charge on any atom is -0.147 e. The molecule has 2 aromatic rings. The average Bonchev–Trinajstić information content (AvgIpc) is 3.40. The smallest absolute Gasteiger partial charge is 0.147 e. The van der Waals surface area contributed by atoms with Crippen molar-refractivity contribution in [3.8, 4) is 0 Å². The fraction of sp³-hybridized carbons (Fsp3) is 0.474. The van der Waals surface area contributed by atoms with E-state index in [4.69, 9.17) is 0 Å². The summed E-state index contributed by atoms with van der Waals surface area (Å²) in [6.07, 6.45) is 5.60. The van der Waals surface area contributed by atoms with Crippen molar-refractivity contribution >= 4 is 95.0 Å². The SMILES string of the molecule is CC1(C)C=C(C(=O)NCCCC(=O)Nc2ccccc2[Se][Se]c2ccccc2NC(=O)CCCNC(=O)C2=CC(C)(C)NC2(C)C)C(C)(C)N1.Cl.Cl. The van der Waals surface area contributed by atoms with Gasteiger partial charge in [0.25, 0.3) is 0 Å². The van der Waals surface area contributed by atoms with Crippen molar-refractivity contribution in [3.05, 3.63) is 71.8 Å². The number of hydrogen-bond acceptors (Lipinski definition) is 6. The molecule has 0 fully saturated rings. The van der Waals surface area contributed by atoms with Crippen LogP contribution in [0.25, 0.3) is 0 Å². The van der Waals surface area contributed by atoms with Crippen LogP contribution in [0.3, 0.4) is 0 Å². The first-order chi connectivity index (χ1) is 23.4. The van der Waals surface area contributed by atoms with Crippen molar-refractivity contribution in [2.45, 2.75) is 103 Å². The van der Waals surface area contributed by atoms with E-state index in [1.165, 1.54) is 0 Å². The summed E-state index contributed by atoms with van der Waals surface area (Å²) in [5.41, 5.74) is 1.72. The number of rotatable bonds is 15. The van der Waals surface area contributed by atoms with E-state index in [1.807, 2.05) is 116 Å². The molecule has 0 saturated carbocycles. The molecular formula is C38H54Cl2N6O4Se2. The number of carbonyl (C=O) groups excluding carboxylic acids is 4. The Labute approximate surface area is 332 Å². The molecule has 6 N–H and O–H groups in total. The number of amides is 4. The Kier molecular flexibility index (Phi) is 16.7. The van der Waals surface area contributed by atoms with Gasteiger partial charge in [-0.3, -0.25) is 0 Å². The van der Waals surface area contributed by atoms with Crippen LogP contribution in [0.5, 0.6) is 0 Å². The van der Waals surface area contributed by atoms with Gasteiger partial charge in [-0.05, 0) is 27.7 Å². The van der Waals surface area contributed by atoms with Gasteiger partial charge in [0.2, 0.25) is 0 Å². The summed E-state index contributed by atoms with van der Waals surface area (Å²) in [6.45, 7) is 17.0. The molecule has 2 aromatic carbocycles. The third-order valence-electron chi connectivity index (χ3n) is 8.39. The zero-order valence-corrected chi connectivity index (χ0v) is 36.3. The molecule has 0 unspecified atom stereocenters. The predicted molar refractivity (Wildman–Crippen MR) is 219 cm³/mol. The summed E-state index contributed by atoms with van der Waals surface area (Å²) in [5.74, 6) is -0.391. The molecule has 0 atom stereocenters. The van der Waals surface area contributed by atoms with Gasteiger partial charge in [0.05, 0.1) is 0 Å². The van der Waals surface area contributed by atoms with Gasteiger partial charge in [0, 0.05) is 0 Å². The van der Waals surface area contributed by atoms with E-state index in [-0.39, 0.29) is 85.8 Å². The fourth-order valence-corrected chi connectivity index (χ4v) is 13.4. The molecule has 52 heavy (non-hydrogen) atoms. The van der Waals surface area contributed by atoms with Crippen molar-refractivity contribution in [1.82, 2.24) is 21.3 Å². The van der Waals surface area contributed by atoms with Crippen LogP contribution in [-0.4, -0.2) is 85.1 Å². The molecule has 2 heterocycles. The molecule has 4 amide bonds. The van der Waals surface area contributed by atoms with Crippen LogP contribution in [0.4, 0.5) is 11.4 Å². The molecule has 0 aromatic heterocycles. The summed E-state index contributed by atoms with van der Waals surface area (Å²) in [5, 5.41) is 19.0. The van der Waals surface area contributed by atoms with E-state index >= 15 is 0 Å². The monoisotopic (exact) mass is 888 g/mol. The Morgan fingerprint density at radius 3 is 1.25 bits per heavy atom. The molecular weight excluding hydrogens is 833 g/mol. The van der Waals surface area contributed by atoms with Gasteiger partial charge >= 0.3 is 282 Å². The van der Waals surface area contributed by atoms with Crippen LogP contribution in [0.15, 0.2) is 71.8 Å². The normalized spacial score (nSPS) is 17.4. The molecule has 2 aliphatic rings. The predicted octanol–water partition coefficient (Wildman–Crippen LogP) is 3.65. The summed E-state index contributed by atoms with van der Waals surface area (Å²) >= 11 is 0.0947. The Bertz CT molecular complexity index is 1550. The van der Waals surface area contributed by atoms with Crippen molar-refractivity contribution < 1.29 is 19.2 Å². The standard InChI is InChI=1S/C38H52N6O4Se2.2ClH/c1-35(2)23-25(37(5,6)43-35)33(47)39-21-13-19-31(45)41-27-15-9-11-17-29(27)49-50-30-18-12-10-16-28(30)42-32(46)20-14-22-40-34(48)26-24-36(3,4)44-38(26,7)8;;/h9-12,15-18,23-24,43-44H,13-14,19-22H2,1-8H3,(H,39,47)(H,40,48)(H,41,45)(H,42,46);2*1H. The molecule has 0 bridgehead atoms. The molecule has 0 aliphatic carbocycles. The fourth-order valence-electron chi connectivity index (χ4n) is 6.49. The Morgan fingerprint density at radius 2 is 0.923 bits per heavy atom. The van der Waals surface area contributed by atoms with Gasteiger partial charge in [-0.1, -0.05) is 0 Å². The first kappa shape index (κ1) is 45.5. The second-order valence-electron chi connectivity index (χ2n) is 15.0. The molecule has 10 nitrogen and oxygen atoms in total. The number of para-hydroxylation sites is 2. The average molecular weight is 888 g/mol. The first-order valence-electron chi connectivity index (χ1n) is 17.1. The van der Waals surface area contributed by atoms with Crippen molar-refractivity contribution in [1.29, 1.82) is 0 Å². The van der Waals surface area contributed by atoms with Crippen LogP contribution >= 0.6 is 24.8 Å². The molecule has 2 aliphatic heterocycles. The number of anilines is 2. The van der Waals surface area contributed by atoms with Crippen molar-refractivity contribution in [3.63, 3.8) is 0 Å². The van der Waals surface area contributed by atoms with E-state index in [2.05, 4.69) is 31.9 Å². The van der Waals surface area contributed by atoms with Crippen LogP contribution in [0.1, 0.15) is 81.1 Å². The summed E-state index contributed by atoms with van der Waals surface area (Å²) < 4.78 is 2.17. The summed E-state index contributed by atoms with van der Waals surface area (Å²) in [4.78, 5) is 51.3. The number of benzene rings is 2. The first-order valence-corrected chi connectivity index (χ1v) is 23.2. The third kappa shape index (κ3) is 13.0. The van der Waals surface area contributed by atoms with E-state index in [9.17, 15) is 19.2 Å². The van der Waals surface area contributed by atoms with Gasteiger partial charge in [0.1, 0.15) is 0 Å². The minimum absolute atomic E-state index is 0. The van der Waals surface area contributed by atoms with Gasteiger partial charge in [0.15, 0.2) is 0 Å². The van der Waals surface area contributed by atoms with E-state index in [0.717, 1.165) is 31.4 Å². The maximum absolute atomic E-state index is 12.9. The van der Waals surface area contributed by atoms with E-state index < -0.39 is 11.1 Å². The number of carbonyl (C=O) groups is 4. The third-order valence-corrected chi connectivity index (χ3v) is 15.6. The summed E-state index contributed by atoms with van der Waals surface area (Å²) in [6, 6.07) is 15.7. The maximum atomic E-state index is 12.9. The Morgan fingerprint density at radius 1 is 0.577 bits per heavy atom. The zero-order valence-electron chi connectivity index (χ0n) is 31.3. The zero-order chi connectivity index (χ0) is 36.7. The molecule has 0 spiro atoms. The van der Waals surface area contributed by atoms with Crippen molar-refractivity contribution in [2.75, 3.05) is 23.7 Å². The van der Waals surface area contributed by atoms with Crippen LogP contribution in [0.2, 0.25) is 0 Å². The van der Waals surface area contributed by atoms with Crippen LogP contribution in [0, 0.1) is 0 Å². The van der Waals surface area contributed by atoms with Gasteiger partial charge in [-0.25, -0.2) is 0 Å². The van der Waals surface area contributed by atoms with Gasteiger partial charge in [-0.15, -0.1) is 24.8 Å². The molecule has 0 radical (unpaired) electrons. The Hall–Kier alpha value is -2.66. The molecule has 14 heteroatoms. The van der Waals surface area contributed by atoms with E-state index in [1.54, 1.807) is 0 Å². The molecule has 286 valence electrons. The second kappa shape index (κ2) is 19.1. The topological polar surface area (TPSA) is 140 Å². The second-order valence-corrected chi connectivity index (χ2v) is 21.2. The van der Waals surface area contributed by atoms with Crippen molar-refractivity contribution in [2.24, 2.45) is 0 Å². The van der Waals surface area contributed by atoms with Crippen LogP contribution < -0.4 is 40.8 Å². The Balaban J connectivity index is 0.00000468. The number of halogens is 2. The number of hydrogen-bond donors (Lipinski definition) is 6. The van der Waals surface area contributed by atoms with Gasteiger partial charge < -0.3 is 0 Å².